The van der Waals surface area contributed by atoms with E-state index >= 15 is 0 Å². The van der Waals surface area contributed by atoms with Crippen LogP contribution in [0.5, 0.6) is 5.75 Å². The molecule has 4 heteroatoms. The number of carbonyl (C=O) groups excluding carboxylic acids is 1. The van der Waals surface area contributed by atoms with Crippen LogP contribution in [0.1, 0.15) is 29.7 Å². The number of methoxy groups -OCH3 is 1. The summed E-state index contributed by atoms with van der Waals surface area (Å²) in [5.41, 5.74) is 10.5. The van der Waals surface area contributed by atoms with Gasteiger partial charge in [-0.25, -0.2) is 0 Å². The molecule has 2 aromatic rings. The largest absolute Gasteiger partial charge is 0.497 e. The zero-order valence-electron chi connectivity index (χ0n) is 12.9. The Balaban J connectivity index is 1.93. The van der Waals surface area contributed by atoms with E-state index in [2.05, 4.69) is 0 Å². The molecule has 1 aliphatic heterocycles. The lowest BCUT2D eigenvalue weighted by Gasteiger charge is -2.17. The summed E-state index contributed by atoms with van der Waals surface area (Å²) in [6.07, 6.45) is 0.460. The number of rotatable bonds is 4. The van der Waals surface area contributed by atoms with Crippen molar-refractivity contribution in [3.05, 3.63) is 59.2 Å². The first-order chi connectivity index (χ1) is 10.6. The average Bonchev–Trinajstić information content (AvgIpc) is 2.88. The number of carbonyl (C=O) groups is 1. The first-order valence-electron chi connectivity index (χ1n) is 7.46. The molecule has 1 aliphatic rings. The van der Waals surface area contributed by atoms with Crippen LogP contribution in [0.2, 0.25) is 0 Å². The monoisotopic (exact) mass is 296 g/mol. The first-order valence-corrected chi connectivity index (χ1v) is 7.46. The highest BCUT2D eigenvalue weighted by molar-refractivity contribution is 6.01. The predicted molar refractivity (Wildman–Crippen MR) is 87.2 cm³/mol. The molecule has 0 bridgehead atoms. The maximum Gasteiger partial charge on any atom is 0.231 e. The van der Waals surface area contributed by atoms with Gasteiger partial charge in [-0.1, -0.05) is 24.3 Å². The lowest BCUT2D eigenvalue weighted by molar-refractivity contribution is -0.117. The van der Waals surface area contributed by atoms with E-state index in [1.165, 1.54) is 0 Å². The second kappa shape index (κ2) is 5.81. The summed E-state index contributed by atoms with van der Waals surface area (Å²) in [4.78, 5) is 13.8. The Bertz CT molecular complexity index is 712. The van der Waals surface area contributed by atoms with Gasteiger partial charge in [0.15, 0.2) is 0 Å². The van der Waals surface area contributed by atoms with Crippen molar-refractivity contribution in [3.8, 4) is 5.75 Å². The van der Waals surface area contributed by atoms with Gasteiger partial charge in [0.2, 0.25) is 5.91 Å². The van der Waals surface area contributed by atoms with Gasteiger partial charge in [-0.2, -0.15) is 0 Å². The molecule has 0 saturated heterocycles. The third-order valence-electron chi connectivity index (χ3n) is 4.17. The summed E-state index contributed by atoms with van der Waals surface area (Å²) >= 11 is 0. The summed E-state index contributed by atoms with van der Waals surface area (Å²) in [6.45, 7) is 2.69. The standard InChI is InChI=1S/C18H20N2O2/c1-3-20-16-8-7-13(9-14(16)11-17(20)21)18(19)12-5-4-6-15(10-12)22-2/h4-10,18H,3,11,19H2,1-2H3. The second-order valence-corrected chi connectivity index (χ2v) is 5.46. The van der Waals surface area contributed by atoms with Crippen LogP contribution in [-0.4, -0.2) is 19.6 Å². The lowest BCUT2D eigenvalue weighted by atomic mass is 9.97. The van der Waals surface area contributed by atoms with Crippen molar-refractivity contribution >= 4 is 11.6 Å². The van der Waals surface area contributed by atoms with Crippen LogP contribution < -0.4 is 15.4 Å². The quantitative estimate of drug-likeness (QED) is 0.943. The van der Waals surface area contributed by atoms with Crippen molar-refractivity contribution in [2.24, 2.45) is 5.73 Å². The molecule has 0 aromatic heterocycles. The van der Waals surface area contributed by atoms with Crippen LogP contribution in [0.3, 0.4) is 0 Å². The molecule has 1 atom stereocenters. The minimum atomic E-state index is -0.230. The van der Waals surface area contributed by atoms with Gasteiger partial charge in [0.25, 0.3) is 0 Å². The topological polar surface area (TPSA) is 55.6 Å². The van der Waals surface area contributed by atoms with Gasteiger partial charge in [-0.15, -0.1) is 0 Å². The van der Waals surface area contributed by atoms with Crippen LogP contribution in [0.4, 0.5) is 5.69 Å². The normalized spacial score (nSPS) is 14.9. The number of anilines is 1. The number of likely N-dealkylation sites (N-methyl/N-ethyl adjacent to an activating group) is 1. The third-order valence-corrected chi connectivity index (χ3v) is 4.17. The van der Waals surface area contributed by atoms with Gasteiger partial charge in [0.1, 0.15) is 5.75 Å². The highest BCUT2D eigenvalue weighted by Crippen LogP contribution is 2.32. The van der Waals surface area contributed by atoms with Gasteiger partial charge in [0, 0.05) is 12.2 Å². The molecular formula is C18H20N2O2. The summed E-state index contributed by atoms with van der Waals surface area (Å²) in [7, 11) is 1.64. The number of fused-ring (bicyclic) bond motifs is 1. The van der Waals surface area contributed by atoms with Crippen LogP contribution >= 0.6 is 0 Å². The molecule has 0 radical (unpaired) electrons. The van der Waals surface area contributed by atoms with Gasteiger partial charge >= 0.3 is 0 Å². The van der Waals surface area contributed by atoms with Crippen LogP contribution in [0, 0.1) is 0 Å². The molecule has 4 nitrogen and oxygen atoms in total. The fraction of sp³-hybridized carbons (Fsp3) is 0.278. The van der Waals surface area contributed by atoms with Crippen molar-refractivity contribution in [1.29, 1.82) is 0 Å². The molecule has 0 spiro atoms. The van der Waals surface area contributed by atoms with Crippen LogP contribution in [-0.2, 0) is 11.2 Å². The first kappa shape index (κ1) is 14.6. The van der Waals surface area contributed by atoms with E-state index in [4.69, 9.17) is 10.5 Å². The molecule has 114 valence electrons. The number of nitrogens with two attached hydrogens (primary N) is 1. The summed E-state index contributed by atoms with van der Waals surface area (Å²) in [5, 5.41) is 0. The van der Waals surface area contributed by atoms with Gasteiger partial charge < -0.3 is 15.4 Å². The molecule has 0 fully saturated rings. The Kier molecular flexibility index (Phi) is 3.86. The van der Waals surface area contributed by atoms with E-state index in [0.29, 0.717) is 13.0 Å². The number of hydrogen-bond acceptors (Lipinski definition) is 3. The number of amides is 1. The average molecular weight is 296 g/mol. The van der Waals surface area contributed by atoms with Crippen LogP contribution in [0.25, 0.3) is 0 Å². The number of nitrogens with zero attached hydrogens (tertiary/aromatic N) is 1. The minimum Gasteiger partial charge on any atom is -0.497 e. The molecule has 1 unspecified atom stereocenters. The van der Waals surface area contributed by atoms with Crippen molar-refractivity contribution in [2.45, 2.75) is 19.4 Å². The molecule has 3 rings (SSSR count). The zero-order chi connectivity index (χ0) is 15.7. The maximum absolute atomic E-state index is 12.0. The Labute approximate surface area is 130 Å². The van der Waals surface area contributed by atoms with E-state index in [9.17, 15) is 4.79 Å². The predicted octanol–water partition coefficient (Wildman–Crippen LogP) is 2.65. The molecule has 22 heavy (non-hydrogen) atoms. The highest BCUT2D eigenvalue weighted by atomic mass is 16.5. The summed E-state index contributed by atoms with van der Waals surface area (Å²) in [5.74, 6) is 0.950. The van der Waals surface area contributed by atoms with Crippen molar-refractivity contribution in [3.63, 3.8) is 0 Å². The van der Waals surface area contributed by atoms with E-state index < -0.39 is 0 Å². The smallest absolute Gasteiger partial charge is 0.231 e. The highest BCUT2D eigenvalue weighted by Gasteiger charge is 2.26. The molecule has 2 aromatic carbocycles. The Morgan fingerprint density at radius 1 is 1.23 bits per heavy atom. The van der Waals surface area contributed by atoms with Gasteiger partial charge in [0.05, 0.1) is 19.6 Å². The second-order valence-electron chi connectivity index (χ2n) is 5.46. The van der Waals surface area contributed by atoms with E-state index in [-0.39, 0.29) is 11.9 Å². The third kappa shape index (κ3) is 2.46. The minimum absolute atomic E-state index is 0.157. The van der Waals surface area contributed by atoms with Crippen molar-refractivity contribution in [2.75, 3.05) is 18.6 Å². The number of benzene rings is 2. The SMILES string of the molecule is CCN1C(=O)Cc2cc(C(N)c3cccc(OC)c3)ccc21. The maximum atomic E-state index is 12.0. The number of ether oxygens (including phenoxy) is 1. The van der Waals surface area contributed by atoms with Crippen LogP contribution in [0.15, 0.2) is 42.5 Å². The summed E-state index contributed by atoms with van der Waals surface area (Å²) in [6, 6.07) is 13.6. The van der Waals surface area contributed by atoms with Gasteiger partial charge in [-0.3, -0.25) is 4.79 Å². The Morgan fingerprint density at radius 3 is 2.73 bits per heavy atom. The Morgan fingerprint density at radius 2 is 2.00 bits per heavy atom. The Hall–Kier alpha value is -2.33. The molecule has 1 amide bonds. The molecule has 1 heterocycles. The zero-order valence-corrected chi connectivity index (χ0v) is 12.9. The van der Waals surface area contributed by atoms with E-state index in [1.807, 2.05) is 54.3 Å². The summed E-state index contributed by atoms with van der Waals surface area (Å²) < 4.78 is 5.25. The molecule has 0 saturated carbocycles. The van der Waals surface area contributed by atoms with Crippen molar-refractivity contribution in [1.82, 2.24) is 0 Å². The molecular weight excluding hydrogens is 276 g/mol. The molecule has 2 N–H and O–H groups in total. The van der Waals surface area contributed by atoms with Gasteiger partial charge in [-0.05, 0) is 41.8 Å². The number of hydrogen-bond donors (Lipinski definition) is 1. The van der Waals surface area contributed by atoms with Crippen molar-refractivity contribution < 1.29 is 9.53 Å². The molecule has 0 aliphatic carbocycles. The fourth-order valence-corrected chi connectivity index (χ4v) is 2.97. The van der Waals surface area contributed by atoms with E-state index in [1.54, 1.807) is 7.11 Å². The lowest BCUT2D eigenvalue weighted by Crippen LogP contribution is -2.25. The van der Waals surface area contributed by atoms with E-state index in [0.717, 1.165) is 28.1 Å². The fourth-order valence-electron chi connectivity index (χ4n) is 2.97.